The van der Waals surface area contributed by atoms with E-state index in [1.165, 1.54) is 0 Å². The van der Waals surface area contributed by atoms with E-state index in [1.54, 1.807) is 18.6 Å². The highest BCUT2D eigenvalue weighted by atomic mass is 16.3. The smallest absolute Gasteiger partial charge is 0.0851 e. The number of hydrogen-bond donors (Lipinski definition) is 1. The number of aromatic nitrogens is 2. The molecule has 2 heterocycles. The molecule has 0 saturated carbocycles. The maximum atomic E-state index is 10.4. The Bertz CT molecular complexity index is 677. The summed E-state index contributed by atoms with van der Waals surface area (Å²) in [5.74, 6) is 0. The van der Waals surface area contributed by atoms with Gasteiger partial charge in [0, 0.05) is 42.2 Å². The third-order valence-electron chi connectivity index (χ3n) is 3.21. The molecule has 0 saturated heterocycles. The summed E-state index contributed by atoms with van der Waals surface area (Å²) in [7, 11) is 0. The maximum absolute atomic E-state index is 10.4. The van der Waals surface area contributed by atoms with Crippen molar-refractivity contribution < 1.29 is 5.11 Å². The lowest BCUT2D eigenvalue weighted by Gasteiger charge is -2.13. The highest BCUT2D eigenvalue weighted by Crippen LogP contribution is 2.25. The number of aliphatic hydroxyl groups is 1. The van der Waals surface area contributed by atoms with Crippen molar-refractivity contribution in [2.45, 2.75) is 12.5 Å². The Balaban J connectivity index is 1.96. The van der Waals surface area contributed by atoms with Crippen LogP contribution in [0.5, 0.6) is 0 Å². The second kappa shape index (κ2) is 5.16. The Kier molecular flexibility index (Phi) is 3.21. The lowest BCUT2D eigenvalue weighted by atomic mass is 9.99. The molecule has 3 heteroatoms. The van der Waals surface area contributed by atoms with Gasteiger partial charge in [0.15, 0.2) is 0 Å². The standard InChI is InChI=1S/C16H14N2O/c19-16(8-12-4-3-7-17-9-12)15-11-18-10-13-5-1-2-6-14(13)15/h1-7,9-11,16,19H,8H2. The summed E-state index contributed by atoms with van der Waals surface area (Å²) in [5, 5.41) is 12.5. The first-order valence-electron chi connectivity index (χ1n) is 6.24. The monoisotopic (exact) mass is 250 g/mol. The molecule has 0 spiro atoms. The first-order chi connectivity index (χ1) is 9.34. The quantitative estimate of drug-likeness (QED) is 0.777. The third-order valence-corrected chi connectivity index (χ3v) is 3.21. The van der Waals surface area contributed by atoms with E-state index in [-0.39, 0.29) is 0 Å². The molecule has 0 aliphatic heterocycles. The van der Waals surface area contributed by atoms with Gasteiger partial charge in [-0.1, -0.05) is 30.3 Å². The largest absolute Gasteiger partial charge is 0.388 e. The molecule has 3 aromatic rings. The van der Waals surface area contributed by atoms with E-state index in [4.69, 9.17) is 0 Å². The van der Waals surface area contributed by atoms with E-state index >= 15 is 0 Å². The SMILES string of the molecule is OC(Cc1cccnc1)c1cncc2ccccc12. The van der Waals surface area contributed by atoms with Crippen LogP contribution in [0.2, 0.25) is 0 Å². The van der Waals surface area contributed by atoms with Gasteiger partial charge in [-0.2, -0.15) is 0 Å². The van der Waals surface area contributed by atoms with Crippen LogP contribution in [0.1, 0.15) is 17.2 Å². The number of hydrogen-bond acceptors (Lipinski definition) is 3. The van der Waals surface area contributed by atoms with E-state index in [1.807, 2.05) is 42.6 Å². The van der Waals surface area contributed by atoms with Crippen molar-refractivity contribution in [3.63, 3.8) is 0 Å². The second-order valence-corrected chi connectivity index (χ2v) is 4.53. The Morgan fingerprint density at radius 1 is 0.947 bits per heavy atom. The fourth-order valence-corrected chi connectivity index (χ4v) is 2.26. The Labute approximate surface area is 111 Å². The van der Waals surface area contributed by atoms with Crippen molar-refractivity contribution in [2.75, 3.05) is 0 Å². The van der Waals surface area contributed by atoms with Crippen molar-refractivity contribution in [1.82, 2.24) is 9.97 Å². The summed E-state index contributed by atoms with van der Waals surface area (Å²) in [6, 6.07) is 11.8. The number of benzene rings is 1. The van der Waals surface area contributed by atoms with E-state index in [0.29, 0.717) is 6.42 Å². The summed E-state index contributed by atoms with van der Waals surface area (Å²) in [6.07, 6.45) is 7.04. The van der Waals surface area contributed by atoms with Crippen LogP contribution in [0.25, 0.3) is 10.8 Å². The minimum atomic E-state index is -0.567. The van der Waals surface area contributed by atoms with E-state index in [0.717, 1.165) is 21.9 Å². The third kappa shape index (κ3) is 2.46. The van der Waals surface area contributed by atoms with Gasteiger partial charge < -0.3 is 5.11 Å². The molecule has 0 fully saturated rings. The van der Waals surface area contributed by atoms with Crippen molar-refractivity contribution in [1.29, 1.82) is 0 Å². The molecule has 1 N–H and O–H groups in total. The number of pyridine rings is 2. The lowest BCUT2D eigenvalue weighted by Crippen LogP contribution is -2.03. The summed E-state index contributed by atoms with van der Waals surface area (Å²) >= 11 is 0. The van der Waals surface area contributed by atoms with E-state index < -0.39 is 6.10 Å². The van der Waals surface area contributed by atoms with Crippen LogP contribution in [0.3, 0.4) is 0 Å². The van der Waals surface area contributed by atoms with Crippen molar-refractivity contribution in [2.24, 2.45) is 0 Å². The molecule has 1 aromatic carbocycles. The van der Waals surface area contributed by atoms with Gasteiger partial charge in [0.1, 0.15) is 0 Å². The number of nitrogens with zero attached hydrogens (tertiary/aromatic N) is 2. The zero-order chi connectivity index (χ0) is 13.1. The predicted octanol–water partition coefficient (Wildman–Crippen LogP) is 2.91. The van der Waals surface area contributed by atoms with Gasteiger partial charge in [0.2, 0.25) is 0 Å². The van der Waals surface area contributed by atoms with E-state index in [2.05, 4.69) is 9.97 Å². The van der Waals surface area contributed by atoms with Gasteiger partial charge >= 0.3 is 0 Å². The minimum absolute atomic E-state index is 0.545. The lowest BCUT2D eigenvalue weighted by molar-refractivity contribution is 0.179. The molecule has 1 atom stereocenters. The number of fused-ring (bicyclic) bond motifs is 1. The van der Waals surface area contributed by atoms with E-state index in [9.17, 15) is 5.11 Å². The first kappa shape index (κ1) is 11.8. The first-order valence-corrected chi connectivity index (χ1v) is 6.24. The van der Waals surface area contributed by atoms with Crippen molar-refractivity contribution in [3.8, 4) is 0 Å². The number of rotatable bonds is 3. The molecule has 19 heavy (non-hydrogen) atoms. The number of aliphatic hydroxyl groups excluding tert-OH is 1. The van der Waals surface area contributed by atoms with Gasteiger partial charge in [-0.15, -0.1) is 0 Å². The van der Waals surface area contributed by atoms with Crippen LogP contribution < -0.4 is 0 Å². The molecule has 94 valence electrons. The Morgan fingerprint density at radius 2 is 1.84 bits per heavy atom. The van der Waals surface area contributed by atoms with Crippen molar-refractivity contribution >= 4 is 10.8 Å². The van der Waals surface area contributed by atoms with Gasteiger partial charge in [-0.3, -0.25) is 9.97 Å². The van der Waals surface area contributed by atoms with Crippen LogP contribution in [-0.4, -0.2) is 15.1 Å². The molecule has 3 rings (SSSR count). The normalized spacial score (nSPS) is 12.5. The second-order valence-electron chi connectivity index (χ2n) is 4.53. The minimum Gasteiger partial charge on any atom is -0.388 e. The summed E-state index contributed by atoms with van der Waals surface area (Å²) in [4.78, 5) is 8.27. The van der Waals surface area contributed by atoms with Gasteiger partial charge in [0.25, 0.3) is 0 Å². The van der Waals surface area contributed by atoms with Crippen LogP contribution in [0.4, 0.5) is 0 Å². The average molecular weight is 250 g/mol. The maximum Gasteiger partial charge on any atom is 0.0851 e. The molecule has 0 amide bonds. The fraction of sp³-hybridized carbons (Fsp3) is 0.125. The fourth-order valence-electron chi connectivity index (χ4n) is 2.26. The molecule has 0 aliphatic rings. The topological polar surface area (TPSA) is 46.0 Å². The van der Waals surface area contributed by atoms with Crippen LogP contribution in [0.15, 0.2) is 61.2 Å². The molecule has 0 aliphatic carbocycles. The molecule has 0 radical (unpaired) electrons. The van der Waals surface area contributed by atoms with Crippen LogP contribution in [-0.2, 0) is 6.42 Å². The van der Waals surface area contributed by atoms with Gasteiger partial charge in [-0.05, 0) is 17.0 Å². The molecule has 0 bridgehead atoms. The highest BCUT2D eigenvalue weighted by Gasteiger charge is 2.12. The zero-order valence-corrected chi connectivity index (χ0v) is 10.4. The zero-order valence-electron chi connectivity index (χ0n) is 10.4. The highest BCUT2D eigenvalue weighted by molar-refractivity contribution is 5.84. The summed E-state index contributed by atoms with van der Waals surface area (Å²) < 4.78 is 0. The van der Waals surface area contributed by atoms with Gasteiger partial charge in [-0.25, -0.2) is 0 Å². The molecular weight excluding hydrogens is 236 g/mol. The molecule has 1 unspecified atom stereocenters. The Morgan fingerprint density at radius 3 is 2.68 bits per heavy atom. The molecular formula is C16H14N2O. The summed E-state index contributed by atoms with van der Waals surface area (Å²) in [6.45, 7) is 0. The predicted molar refractivity (Wildman–Crippen MR) is 74.6 cm³/mol. The molecule has 2 aromatic heterocycles. The summed E-state index contributed by atoms with van der Waals surface area (Å²) in [5.41, 5.74) is 1.88. The Hall–Kier alpha value is -2.26. The molecule has 3 nitrogen and oxygen atoms in total. The van der Waals surface area contributed by atoms with Crippen LogP contribution in [0, 0.1) is 0 Å². The van der Waals surface area contributed by atoms with Crippen LogP contribution >= 0.6 is 0 Å². The van der Waals surface area contributed by atoms with Gasteiger partial charge in [0.05, 0.1) is 6.10 Å². The average Bonchev–Trinajstić information content (AvgIpc) is 2.47. The van der Waals surface area contributed by atoms with Crippen molar-refractivity contribution in [3.05, 3.63) is 72.3 Å².